The molecule has 0 unspecified atom stereocenters. The van der Waals surface area contributed by atoms with Crippen LogP contribution in [0.15, 0.2) is 0 Å². The highest BCUT2D eigenvalue weighted by Crippen LogP contribution is 2.17. The highest BCUT2D eigenvalue weighted by molar-refractivity contribution is 5.88. The van der Waals surface area contributed by atoms with Gasteiger partial charge in [-0.05, 0) is 25.7 Å². The van der Waals surface area contributed by atoms with Gasteiger partial charge in [0.25, 0.3) is 0 Å². The van der Waals surface area contributed by atoms with E-state index in [-0.39, 0.29) is 11.3 Å². The topological polar surface area (TPSA) is 81.7 Å². The molecule has 3 N–H and O–H groups in total. The maximum atomic E-state index is 12.0. The van der Waals surface area contributed by atoms with Crippen LogP contribution in [0.4, 0.5) is 4.79 Å². The molecule has 0 aromatic rings. The maximum absolute atomic E-state index is 12.0. The van der Waals surface area contributed by atoms with E-state index in [2.05, 4.69) is 31.4 Å². The number of hydrogen-bond donors (Lipinski definition) is 3. The SMILES string of the molecule is CCC(C)(C)CNCCNC(=O)C(C)(C)N(C)C(=O)O. The number of rotatable bonds is 8. The number of nitrogens with zero attached hydrogens (tertiary/aromatic N) is 1. The van der Waals surface area contributed by atoms with Crippen LogP contribution in [0.5, 0.6) is 0 Å². The van der Waals surface area contributed by atoms with Crippen LogP contribution in [-0.2, 0) is 4.79 Å². The van der Waals surface area contributed by atoms with E-state index in [1.807, 2.05) is 0 Å². The van der Waals surface area contributed by atoms with Crippen molar-refractivity contribution < 1.29 is 14.7 Å². The summed E-state index contributed by atoms with van der Waals surface area (Å²) < 4.78 is 0. The first-order valence-corrected chi connectivity index (χ1v) is 7.00. The summed E-state index contributed by atoms with van der Waals surface area (Å²) in [5.74, 6) is -0.293. The van der Waals surface area contributed by atoms with Crippen molar-refractivity contribution in [2.24, 2.45) is 5.41 Å². The first-order valence-electron chi connectivity index (χ1n) is 7.00. The zero-order valence-electron chi connectivity index (χ0n) is 13.5. The molecule has 0 saturated heterocycles. The summed E-state index contributed by atoms with van der Waals surface area (Å²) in [4.78, 5) is 23.9. The summed E-state index contributed by atoms with van der Waals surface area (Å²) in [6.45, 7) is 11.7. The quantitative estimate of drug-likeness (QED) is 0.591. The number of carboxylic acid groups (broad SMARTS) is 1. The molecule has 0 saturated carbocycles. The molecule has 0 spiro atoms. The molecule has 2 amide bonds. The lowest BCUT2D eigenvalue weighted by Crippen LogP contribution is -2.55. The maximum Gasteiger partial charge on any atom is 0.407 e. The second kappa shape index (κ2) is 7.47. The Bertz CT molecular complexity index is 341. The molecule has 0 fully saturated rings. The molecule has 118 valence electrons. The van der Waals surface area contributed by atoms with Crippen molar-refractivity contribution >= 4 is 12.0 Å². The minimum absolute atomic E-state index is 0.243. The second-order valence-electron chi connectivity index (χ2n) is 6.35. The predicted molar refractivity (Wildman–Crippen MR) is 79.8 cm³/mol. The molecule has 0 aliphatic rings. The lowest BCUT2D eigenvalue weighted by atomic mass is 9.90. The van der Waals surface area contributed by atoms with E-state index in [0.717, 1.165) is 17.9 Å². The minimum Gasteiger partial charge on any atom is -0.465 e. The van der Waals surface area contributed by atoms with Crippen molar-refractivity contribution in [3.8, 4) is 0 Å². The number of nitrogens with one attached hydrogen (secondary N) is 2. The van der Waals surface area contributed by atoms with Gasteiger partial charge in [-0.25, -0.2) is 4.79 Å². The van der Waals surface area contributed by atoms with E-state index < -0.39 is 11.6 Å². The summed E-state index contributed by atoms with van der Waals surface area (Å²) in [6, 6.07) is 0. The van der Waals surface area contributed by atoms with Gasteiger partial charge < -0.3 is 15.7 Å². The molecule has 0 aromatic carbocycles. The normalized spacial score (nSPS) is 12.1. The Balaban J connectivity index is 4.09. The molecule has 6 heteroatoms. The van der Waals surface area contributed by atoms with E-state index in [4.69, 9.17) is 5.11 Å². The molecule has 0 heterocycles. The van der Waals surface area contributed by atoms with Crippen LogP contribution in [-0.4, -0.2) is 54.2 Å². The zero-order chi connectivity index (χ0) is 16.0. The van der Waals surface area contributed by atoms with Crippen LogP contribution in [0, 0.1) is 5.41 Å². The number of amides is 2. The Morgan fingerprint density at radius 2 is 1.70 bits per heavy atom. The van der Waals surface area contributed by atoms with Crippen molar-refractivity contribution in [1.29, 1.82) is 0 Å². The monoisotopic (exact) mass is 287 g/mol. The van der Waals surface area contributed by atoms with Crippen molar-refractivity contribution in [3.63, 3.8) is 0 Å². The fraction of sp³-hybridized carbons (Fsp3) is 0.857. The molecule has 0 bridgehead atoms. The van der Waals surface area contributed by atoms with Crippen LogP contribution in [0.1, 0.15) is 41.0 Å². The van der Waals surface area contributed by atoms with E-state index in [0.29, 0.717) is 13.1 Å². The molecule has 0 rings (SSSR count). The summed E-state index contributed by atoms with van der Waals surface area (Å²) in [5.41, 5.74) is -0.832. The molecule has 20 heavy (non-hydrogen) atoms. The van der Waals surface area contributed by atoms with Crippen molar-refractivity contribution in [2.45, 2.75) is 46.6 Å². The number of hydrogen-bond acceptors (Lipinski definition) is 3. The van der Waals surface area contributed by atoms with E-state index in [1.54, 1.807) is 13.8 Å². The fourth-order valence-electron chi connectivity index (χ4n) is 1.42. The van der Waals surface area contributed by atoms with Crippen molar-refractivity contribution in [1.82, 2.24) is 15.5 Å². The van der Waals surface area contributed by atoms with E-state index in [1.165, 1.54) is 7.05 Å². The summed E-state index contributed by atoms with van der Waals surface area (Å²) in [7, 11) is 1.39. The van der Waals surface area contributed by atoms with Gasteiger partial charge in [0.05, 0.1) is 0 Å². The van der Waals surface area contributed by atoms with Gasteiger partial charge in [-0.15, -0.1) is 0 Å². The third kappa shape index (κ3) is 5.77. The number of likely N-dealkylation sites (N-methyl/N-ethyl adjacent to an activating group) is 1. The smallest absolute Gasteiger partial charge is 0.407 e. The molecule has 0 aromatic heterocycles. The molecule has 0 aliphatic carbocycles. The molecule has 6 nitrogen and oxygen atoms in total. The highest BCUT2D eigenvalue weighted by atomic mass is 16.4. The molecule has 0 aliphatic heterocycles. The molecule has 0 radical (unpaired) electrons. The third-order valence-electron chi connectivity index (χ3n) is 3.83. The minimum atomic E-state index is -1.12. The van der Waals surface area contributed by atoms with Crippen molar-refractivity contribution in [2.75, 3.05) is 26.7 Å². The molecule has 0 atom stereocenters. The van der Waals surface area contributed by atoms with Gasteiger partial charge in [0.1, 0.15) is 5.54 Å². The Hall–Kier alpha value is -1.30. The molecular weight excluding hydrogens is 258 g/mol. The third-order valence-corrected chi connectivity index (χ3v) is 3.83. The lowest BCUT2D eigenvalue weighted by molar-refractivity contribution is -0.129. The van der Waals surface area contributed by atoms with Crippen LogP contribution < -0.4 is 10.6 Å². The van der Waals surface area contributed by atoms with Gasteiger partial charge in [0.15, 0.2) is 0 Å². The lowest BCUT2D eigenvalue weighted by Gasteiger charge is -2.32. The summed E-state index contributed by atoms with van der Waals surface area (Å²) >= 11 is 0. The fourth-order valence-corrected chi connectivity index (χ4v) is 1.42. The van der Waals surface area contributed by atoms with Gasteiger partial charge in [-0.3, -0.25) is 9.69 Å². The molecular formula is C14H29N3O3. The average molecular weight is 287 g/mol. The standard InChI is InChI=1S/C14H29N3O3/c1-7-13(2,3)10-15-8-9-16-11(18)14(4,5)17(6)12(19)20/h15H,7-10H2,1-6H3,(H,16,18)(H,19,20). The Morgan fingerprint density at radius 1 is 1.15 bits per heavy atom. The van der Waals surface area contributed by atoms with E-state index >= 15 is 0 Å². The zero-order valence-corrected chi connectivity index (χ0v) is 13.5. The van der Waals surface area contributed by atoms with Gasteiger partial charge in [0, 0.05) is 26.7 Å². The summed E-state index contributed by atoms with van der Waals surface area (Å²) in [5, 5.41) is 15.0. The van der Waals surface area contributed by atoms with E-state index in [9.17, 15) is 9.59 Å². The van der Waals surface area contributed by atoms with Gasteiger partial charge in [-0.1, -0.05) is 20.8 Å². The number of carbonyl (C=O) groups is 2. The van der Waals surface area contributed by atoms with Gasteiger partial charge in [0.2, 0.25) is 5.91 Å². The Morgan fingerprint density at radius 3 is 2.15 bits per heavy atom. The second-order valence-corrected chi connectivity index (χ2v) is 6.35. The van der Waals surface area contributed by atoms with Crippen molar-refractivity contribution in [3.05, 3.63) is 0 Å². The first-order chi connectivity index (χ1) is 9.04. The Kier molecular flexibility index (Phi) is 6.99. The van der Waals surface area contributed by atoms with Crippen LogP contribution in [0.2, 0.25) is 0 Å². The largest absolute Gasteiger partial charge is 0.465 e. The van der Waals surface area contributed by atoms with Gasteiger partial charge in [-0.2, -0.15) is 0 Å². The number of carbonyl (C=O) groups excluding carboxylic acids is 1. The predicted octanol–water partition coefficient (Wildman–Crippen LogP) is 1.52. The van der Waals surface area contributed by atoms with Crippen LogP contribution in [0.3, 0.4) is 0 Å². The summed E-state index contributed by atoms with van der Waals surface area (Å²) in [6.07, 6.45) is -0.0315. The van der Waals surface area contributed by atoms with Crippen LogP contribution in [0.25, 0.3) is 0 Å². The average Bonchev–Trinajstić information content (AvgIpc) is 2.36. The first kappa shape index (κ1) is 18.7. The highest BCUT2D eigenvalue weighted by Gasteiger charge is 2.34. The van der Waals surface area contributed by atoms with Crippen LogP contribution >= 0.6 is 0 Å². The Labute approximate surface area is 121 Å². The van der Waals surface area contributed by atoms with Gasteiger partial charge >= 0.3 is 6.09 Å².